The number of fused-ring (bicyclic) bond motifs is 4. The quantitative estimate of drug-likeness (QED) is 0.136. The lowest BCUT2D eigenvalue weighted by atomic mass is 9.62. The van der Waals surface area contributed by atoms with Gasteiger partial charge in [-0.05, 0) is 11.1 Å². The number of carbonyl (C=O) groups is 2. The average molecular weight is 761 g/mol. The van der Waals surface area contributed by atoms with Gasteiger partial charge in [0.1, 0.15) is 54.2 Å². The van der Waals surface area contributed by atoms with Gasteiger partial charge in [0.25, 0.3) is 0 Å². The minimum Gasteiger partial charge on any atom is -0.458 e. The Morgan fingerprint density at radius 3 is 2.22 bits per heavy atom. The van der Waals surface area contributed by atoms with Crippen molar-refractivity contribution in [2.24, 2.45) is 5.41 Å². The number of hydroxylamine groups is 2. The number of ether oxygens (including phenoxy) is 5. The molecule has 4 saturated heterocycles. The van der Waals surface area contributed by atoms with Gasteiger partial charge in [0.05, 0.1) is 26.4 Å². The molecule has 2 bridgehead atoms. The molecule has 6 N–H and O–H groups in total. The van der Waals surface area contributed by atoms with Gasteiger partial charge in [-0.25, -0.2) is 0 Å². The smallest absolute Gasteiger partial charge is 0.327 e. The molecule has 292 valence electrons. The SMILES string of the molecule is O=C1OC2CC3(C(=O)NCCO)C(ON(Cc4ccc(C=CCOC5OC(CO)C(O)C(O)C5O)cc4)C13)C1OC(c3ccccc3)(c3ccccc3)OC21. The number of aliphatic hydroxyl groups is 5. The van der Waals surface area contributed by atoms with Crippen molar-refractivity contribution in [3.63, 3.8) is 0 Å². The molecule has 3 aromatic carbocycles. The molecule has 4 aliphatic heterocycles. The Balaban J connectivity index is 1.02. The first-order chi connectivity index (χ1) is 26.7. The second-order valence-corrected chi connectivity index (χ2v) is 14.4. The van der Waals surface area contributed by atoms with Crippen molar-refractivity contribution in [3.05, 3.63) is 113 Å². The van der Waals surface area contributed by atoms with Gasteiger partial charge in [0, 0.05) is 24.1 Å². The highest BCUT2D eigenvalue weighted by Crippen LogP contribution is 2.59. The summed E-state index contributed by atoms with van der Waals surface area (Å²) >= 11 is 0. The number of amides is 1. The second kappa shape index (κ2) is 15.4. The number of hydrogen-bond acceptors (Lipinski definition) is 14. The molecular weight excluding hydrogens is 716 g/mol. The predicted molar refractivity (Wildman–Crippen MR) is 190 cm³/mol. The molecule has 3 aromatic rings. The topological polar surface area (TPSA) is 206 Å². The summed E-state index contributed by atoms with van der Waals surface area (Å²) in [7, 11) is 0. The third kappa shape index (κ3) is 6.58. The molecule has 55 heavy (non-hydrogen) atoms. The number of rotatable bonds is 12. The maximum absolute atomic E-state index is 14.2. The van der Waals surface area contributed by atoms with Crippen LogP contribution >= 0.6 is 0 Å². The zero-order valence-corrected chi connectivity index (χ0v) is 29.7. The Kier molecular flexibility index (Phi) is 10.6. The number of nitrogens with zero attached hydrogens (tertiary/aromatic N) is 1. The van der Waals surface area contributed by atoms with Crippen molar-refractivity contribution in [3.8, 4) is 0 Å². The van der Waals surface area contributed by atoms with Gasteiger partial charge in [0.2, 0.25) is 11.7 Å². The first kappa shape index (κ1) is 37.8. The van der Waals surface area contributed by atoms with E-state index in [0.717, 1.165) is 22.3 Å². The number of benzene rings is 3. The van der Waals surface area contributed by atoms with Gasteiger partial charge in [-0.1, -0.05) is 97.1 Å². The van der Waals surface area contributed by atoms with Crippen LogP contribution in [-0.2, 0) is 50.4 Å². The predicted octanol–water partition coefficient (Wildman–Crippen LogP) is 0.110. The monoisotopic (exact) mass is 760 g/mol. The molecule has 0 spiro atoms. The Bertz CT molecular complexity index is 1810. The Morgan fingerprint density at radius 1 is 0.891 bits per heavy atom. The van der Waals surface area contributed by atoms with Crippen LogP contribution in [0.2, 0.25) is 0 Å². The lowest BCUT2D eigenvalue weighted by molar-refractivity contribution is -0.298. The Hall–Kier alpha value is -4.10. The van der Waals surface area contributed by atoms with E-state index in [1.807, 2.05) is 84.9 Å². The van der Waals surface area contributed by atoms with Gasteiger partial charge in [-0.2, -0.15) is 5.06 Å². The Labute approximate surface area is 316 Å². The van der Waals surface area contributed by atoms with E-state index in [0.29, 0.717) is 0 Å². The second-order valence-electron chi connectivity index (χ2n) is 14.4. The van der Waals surface area contributed by atoms with Crippen LogP contribution in [0.15, 0.2) is 91.0 Å². The summed E-state index contributed by atoms with van der Waals surface area (Å²) in [6.45, 7) is -0.717. The molecule has 1 amide bonds. The number of hydrogen-bond donors (Lipinski definition) is 6. The molecule has 5 fully saturated rings. The highest BCUT2D eigenvalue weighted by Gasteiger charge is 2.76. The van der Waals surface area contributed by atoms with Crippen molar-refractivity contribution in [2.75, 3.05) is 26.4 Å². The molecule has 8 rings (SSSR count). The van der Waals surface area contributed by atoms with Crippen molar-refractivity contribution < 1.29 is 63.6 Å². The summed E-state index contributed by atoms with van der Waals surface area (Å²) < 4.78 is 30.8. The van der Waals surface area contributed by atoms with Gasteiger partial charge < -0.3 is 54.5 Å². The summed E-state index contributed by atoms with van der Waals surface area (Å²) in [4.78, 5) is 34.9. The van der Waals surface area contributed by atoms with Crippen molar-refractivity contribution >= 4 is 18.0 Å². The van der Waals surface area contributed by atoms with Crippen LogP contribution in [-0.4, -0.2) is 130 Å². The van der Waals surface area contributed by atoms with E-state index in [1.54, 1.807) is 12.2 Å². The zero-order chi connectivity index (χ0) is 38.3. The minimum absolute atomic E-state index is 0.00242. The van der Waals surface area contributed by atoms with Crippen molar-refractivity contribution in [1.29, 1.82) is 0 Å². The Morgan fingerprint density at radius 2 is 1.56 bits per heavy atom. The standard InChI is InChI=1S/C40H44N2O13/c43-18-17-41-38(49)39-20-27-32-33(54-40(53-32,25-9-3-1-4-10-25)26-11-5-2-6-12-26)35(39)55-42(34(39)36(48)51-27)21-24-15-13-23(14-16-24)8-7-19-50-37-31(47)30(46)29(45)28(22-44)52-37/h1-16,27-35,37,43-47H,17-22H2,(H,41,49). The third-order valence-electron chi connectivity index (χ3n) is 11.1. The lowest BCUT2D eigenvalue weighted by Gasteiger charge is -2.48. The number of carbonyl (C=O) groups excluding carboxylic acids is 2. The summed E-state index contributed by atoms with van der Waals surface area (Å²) in [6, 6.07) is 25.3. The van der Waals surface area contributed by atoms with E-state index in [2.05, 4.69) is 5.32 Å². The fourth-order valence-electron chi connectivity index (χ4n) is 8.48. The van der Waals surface area contributed by atoms with Crippen LogP contribution in [0.3, 0.4) is 0 Å². The van der Waals surface area contributed by atoms with Crippen molar-refractivity contribution in [2.45, 2.75) is 79.9 Å². The number of aliphatic hydroxyl groups excluding tert-OH is 5. The molecule has 1 saturated carbocycles. The van der Waals surface area contributed by atoms with Gasteiger partial charge in [-0.15, -0.1) is 0 Å². The molecule has 11 atom stereocenters. The molecule has 11 unspecified atom stereocenters. The van der Waals surface area contributed by atoms with E-state index in [9.17, 15) is 35.1 Å². The van der Waals surface area contributed by atoms with Crippen molar-refractivity contribution in [1.82, 2.24) is 10.4 Å². The first-order valence-corrected chi connectivity index (χ1v) is 18.4. The summed E-state index contributed by atoms with van der Waals surface area (Å²) in [5.74, 6) is -2.43. The molecule has 0 aromatic heterocycles. The molecule has 4 heterocycles. The van der Waals surface area contributed by atoms with Crippen LogP contribution < -0.4 is 5.32 Å². The normalized spacial score (nSPS) is 35.0. The highest BCUT2D eigenvalue weighted by molar-refractivity contribution is 5.93. The molecule has 0 radical (unpaired) electrons. The summed E-state index contributed by atoms with van der Waals surface area (Å²) in [5, 5.41) is 53.5. The largest absolute Gasteiger partial charge is 0.458 e. The first-order valence-electron chi connectivity index (χ1n) is 18.4. The third-order valence-corrected chi connectivity index (χ3v) is 11.1. The van der Waals surface area contributed by atoms with E-state index in [4.69, 9.17) is 28.5 Å². The number of esters is 1. The van der Waals surface area contributed by atoms with E-state index >= 15 is 0 Å². The maximum atomic E-state index is 14.2. The van der Waals surface area contributed by atoms with Crippen LogP contribution in [0.4, 0.5) is 0 Å². The maximum Gasteiger partial charge on any atom is 0.327 e. The zero-order valence-electron chi connectivity index (χ0n) is 29.7. The lowest BCUT2D eigenvalue weighted by Crippen LogP contribution is -2.69. The molecular formula is C40H44N2O13. The fourth-order valence-corrected chi connectivity index (χ4v) is 8.48. The molecule has 5 aliphatic rings. The molecule has 15 nitrogen and oxygen atoms in total. The minimum atomic E-state index is -1.53. The highest BCUT2D eigenvalue weighted by atomic mass is 16.8. The van der Waals surface area contributed by atoms with Crippen LogP contribution in [0.1, 0.15) is 28.7 Å². The molecule has 15 heteroatoms. The summed E-state index contributed by atoms with van der Waals surface area (Å²) in [6.07, 6.45) is -6.56. The van der Waals surface area contributed by atoms with Crippen LogP contribution in [0.25, 0.3) is 6.08 Å². The summed E-state index contributed by atoms with van der Waals surface area (Å²) in [5.41, 5.74) is 1.63. The van der Waals surface area contributed by atoms with E-state index in [1.165, 1.54) is 5.06 Å². The number of nitrogens with one attached hydrogen (secondary N) is 1. The molecule has 1 aliphatic carbocycles. The van der Waals surface area contributed by atoms with Crippen LogP contribution in [0.5, 0.6) is 0 Å². The average Bonchev–Trinajstić information content (AvgIpc) is 3.79. The van der Waals surface area contributed by atoms with E-state index < -0.39 is 90.8 Å². The van der Waals surface area contributed by atoms with E-state index in [-0.39, 0.29) is 32.7 Å². The van der Waals surface area contributed by atoms with Crippen LogP contribution in [0, 0.1) is 5.41 Å². The van der Waals surface area contributed by atoms with Gasteiger partial charge >= 0.3 is 5.97 Å². The fraction of sp³-hybridized carbons (Fsp3) is 0.450. The van der Waals surface area contributed by atoms with Gasteiger partial charge in [-0.3, -0.25) is 14.4 Å². The van der Waals surface area contributed by atoms with Gasteiger partial charge in [0.15, 0.2) is 12.3 Å².